The molecule has 1 saturated heterocycles. The highest BCUT2D eigenvalue weighted by atomic mass is 35.5. The molecule has 5 nitrogen and oxygen atoms in total. The standard InChI is InChI=1S/C35H46FN3O2S.3ClH/c1-5-31-34(42-32(37-31)18-24-10-7-6-8-11-24)25-14-16-39(17-15-25)22-27-20-29(38(4)33(23(2)3)35(40)41)21-30(27)26-12-9-13-28(36)19-26;;;/h6-13,19,23,25,27,29-30,33H,5,14-18,20-22H2,1-4H3,(H,40,41);3*1H/t27?,29?,30?,33-;;;/m1.../s1. The summed E-state index contributed by atoms with van der Waals surface area (Å²) in [6, 6.07) is 17.3. The van der Waals surface area contributed by atoms with Crippen molar-refractivity contribution >= 4 is 54.5 Å². The van der Waals surface area contributed by atoms with Crippen LogP contribution in [0.25, 0.3) is 0 Å². The molecule has 3 unspecified atom stereocenters. The number of thiazole rings is 1. The number of likely N-dealkylation sites (tertiary alicyclic amines) is 1. The van der Waals surface area contributed by atoms with Crippen molar-refractivity contribution in [3.63, 3.8) is 0 Å². The normalized spacial score (nSPS) is 21.2. The van der Waals surface area contributed by atoms with Gasteiger partial charge in [-0.2, -0.15) is 0 Å². The largest absolute Gasteiger partial charge is 0.480 e. The Balaban J connectivity index is 0.00000235. The molecule has 2 heterocycles. The monoisotopic (exact) mass is 699 g/mol. The lowest BCUT2D eigenvalue weighted by Gasteiger charge is -2.35. The molecule has 250 valence electrons. The Morgan fingerprint density at radius 2 is 1.76 bits per heavy atom. The van der Waals surface area contributed by atoms with Gasteiger partial charge in [-0.3, -0.25) is 9.69 Å². The number of carboxylic acids is 1. The number of nitrogens with zero attached hydrogens (tertiary/aromatic N) is 3. The summed E-state index contributed by atoms with van der Waals surface area (Å²) in [5.74, 6) is 0.207. The number of aliphatic carboxylic acids is 1. The van der Waals surface area contributed by atoms with Gasteiger partial charge in [-0.1, -0.05) is 63.2 Å². The molecule has 0 amide bonds. The molecule has 45 heavy (non-hydrogen) atoms. The first-order chi connectivity index (χ1) is 20.2. The van der Waals surface area contributed by atoms with E-state index in [0.29, 0.717) is 11.8 Å². The smallest absolute Gasteiger partial charge is 0.321 e. The number of halogens is 4. The second kappa shape index (κ2) is 18.0. The van der Waals surface area contributed by atoms with Crippen LogP contribution in [0.2, 0.25) is 0 Å². The van der Waals surface area contributed by atoms with E-state index in [0.717, 1.165) is 63.7 Å². The number of hydrogen-bond donors (Lipinski definition) is 1. The fourth-order valence-electron chi connectivity index (χ4n) is 7.47. The van der Waals surface area contributed by atoms with Crippen molar-refractivity contribution in [1.82, 2.24) is 14.8 Å². The number of piperidine rings is 1. The third-order valence-corrected chi connectivity index (χ3v) is 10.9. The molecule has 1 N–H and O–H groups in total. The van der Waals surface area contributed by atoms with Gasteiger partial charge in [0.15, 0.2) is 0 Å². The van der Waals surface area contributed by atoms with Crippen molar-refractivity contribution in [3.8, 4) is 0 Å². The van der Waals surface area contributed by atoms with Crippen LogP contribution in [0.1, 0.15) is 85.0 Å². The topological polar surface area (TPSA) is 56.7 Å². The lowest BCUT2D eigenvalue weighted by Crippen LogP contribution is -2.47. The number of aromatic nitrogens is 1. The first-order valence-electron chi connectivity index (χ1n) is 15.7. The molecule has 2 fully saturated rings. The zero-order valence-corrected chi connectivity index (χ0v) is 30.0. The average Bonchev–Trinajstić information content (AvgIpc) is 3.58. The quantitative estimate of drug-likeness (QED) is 0.218. The third kappa shape index (κ3) is 9.65. The molecule has 4 atom stereocenters. The minimum atomic E-state index is -0.762. The van der Waals surface area contributed by atoms with Gasteiger partial charge < -0.3 is 10.0 Å². The lowest BCUT2D eigenvalue weighted by atomic mass is 9.87. The minimum absolute atomic E-state index is 0. The second-order valence-electron chi connectivity index (χ2n) is 12.7. The van der Waals surface area contributed by atoms with E-state index in [1.165, 1.54) is 27.2 Å². The fraction of sp³-hybridized carbons (Fsp3) is 0.543. The number of carboxylic acid groups (broad SMARTS) is 1. The van der Waals surface area contributed by atoms with E-state index in [1.54, 1.807) is 6.07 Å². The van der Waals surface area contributed by atoms with Gasteiger partial charge in [-0.05, 0) is 99.2 Å². The van der Waals surface area contributed by atoms with Crippen molar-refractivity contribution in [2.24, 2.45) is 11.8 Å². The SMILES string of the molecule is CCc1nc(Cc2ccccc2)sc1C1CCN(CC2CC(N(C)[C@@H](C(=O)O)C(C)C)CC2c2cccc(F)c2)CC1.Cl.Cl.Cl. The molecule has 2 aliphatic rings. The van der Waals surface area contributed by atoms with Crippen molar-refractivity contribution in [2.45, 2.75) is 83.2 Å². The van der Waals surface area contributed by atoms with Gasteiger partial charge >= 0.3 is 5.97 Å². The average molecular weight is 701 g/mol. The number of likely N-dealkylation sites (N-methyl/N-ethyl adjacent to an activating group) is 1. The van der Waals surface area contributed by atoms with Crippen LogP contribution in [0.5, 0.6) is 0 Å². The minimum Gasteiger partial charge on any atom is -0.480 e. The molecule has 10 heteroatoms. The summed E-state index contributed by atoms with van der Waals surface area (Å²) in [4.78, 5) is 23.3. The van der Waals surface area contributed by atoms with Gasteiger partial charge in [0.25, 0.3) is 0 Å². The van der Waals surface area contributed by atoms with Crippen LogP contribution in [0.3, 0.4) is 0 Å². The summed E-state index contributed by atoms with van der Waals surface area (Å²) < 4.78 is 14.3. The van der Waals surface area contributed by atoms with E-state index in [4.69, 9.17) is 4.98 Å². The summed E-state index contributed by atoms with van der Waals surface area (Å²) in [5, 5.41) is 11.2. The van der Waals surface area contributed by atoms with E-state index in [1.807, 2.05) is 38.3 Å². The molecule has 1 aliphatic heterocycles. The second-order valence-corrected chi connectivity index (χ2v) is 13.9. The zero-order chi connectivity index (χ0) is 29.8. The highest BCUT2D eigenvalue weighted by molar-refractivity contribution is 7.11. The molecule has 0 bridgehead atoms. The van der Waals surface area contributed by atoms with Crippen molar-refractivity contribution in [2.75, 3.05) is 26.7 Å². The van der Waals surface area contributed by atoms with Gasteiger partial charge in [0.1, 0.15) is 11.9 Å². The van der Waals surface area contributed by atoms with E-state index in [9.17, 15) is 14.3 Å². The number of aryl methyl sites for hydroxylation is 1. The van der Waals surface area contributed by atoms with Crippen LogP contribution in [0, 0.1) is 17.7 Å². The maximum absolute atomic E-state index is 14.3. The molecule has 0 spiro atoms. The Morgan fingerprint density at radius 3 is 2.36 bits per heavy atom. The molecule has 2 aromatic carbocycles. The van der Waals surface area contributed by atoms with E-state index in [-0.39, 0.29) is 60.9 Å². The van der Waals surface area contributed by atoms with E-state index < -0.39 is 12.0 Å². The van der Waals surface area contributed by atoms with Crippen molar-refractivity contribution in [1.29, 1.82) is 0 Å². The first-order valence-corrected chi connectivity index (χ1v) is 16.5. The van der Waals surface area contributed by atoms with E-state index in [2.05, 4.69) is 53.1 Å². The van der Waals surface area contributed by atoms with Gasteiger partial charge in [-0.25, -0.2) is 9.37 Å². The third-order valence-electron chi connectivity index (χ3n) is 9.60. The Morgan fingerprint density at radius 1 is 1.07 bits per heavy atom. The Kier molecular flexibility index (Phi) is 15.8. The molecule has 1 saturated carbocycles. The van der Waals surface area contributed by atoms with Gasteiger partial charge in [-0.15, -0.1) is 48.6 Å². The van der Waals surface area contributed by atoms with Crippen LogP contribution in [0.15, 0.2) is 54.6 Å². The van der Waals surface area contributed by atoms with Crippen LogP contribution >= 0.6 is 48.6 Å². The first kappa shape index (κ1) is 39.4. The van der Waals surface area contributed by atoms with Crippen LogP contribution in [-0.2, 0) is 17.6 Å². The zero-order valence-electron chi connectivity index (χ0n) is 26.7. The van der Waals surface area contributed by atoms with Crippen LogP contribution in [0.4, 0.5) is 4.39 Å². The molecule has 1 aliphatic carbocycles. The summed E-state index contributed by atoms with van der Waals surface area (Å²) in [5.41, 5.74) is 3.63. The van der Waals surface area contributed by atoms with Crippen LogP contribution < -0.4 is 0 Å². The van der Waals surface area contributed by atoms with E-state index >= 15 is 0 Å². The lowest BCUT2D eigenvalue weighted by molar-refractivity contribution is -0.145. The number of rotatable bonds is 11. The fourth-order valence-corrected chi connectivity index (χ4v) is 8.83. The number of benzene rings is 2. The summed E-state index contributed by atoms with van der Waals surface area (Å²) in [7, 11) is 1.96. The maximum atomic E-state index is 14.3. The molecular weight excluding hydrogens is 652 g/mol. The predicted molar refractivity (Wildman–Crippen MR) is 191 cm³/mol. The highest BCUT2D eigenvalue weighted by Gasteiger charge is 2.42. The number of carbonyl (C=O) groups is 1. The maximum Gasteiger partial charge on any atom is 0.321 e. The Hall–Kier alpha value is -1.74. The molecule has 0 radical (unpaired) electrons. The summed E-state index contributed by atoms with van der Waals surface area (Å²) >= 11 is 1.91. The summed E-state index contributed by atoms with van der Waals surface area (Å²) in [6.07, 6.45) is 5.94. The van der Waals surface area contributed by atoms with Crippen molar-refractivity contribution < 1.29 is 14.3 Å². The Bertz CT molecular complexity index is 1340. The molecule has 1 aromatic heterocycles. The van der Waals surface area contributed by atoms with Crippen LogP contribution in [-0.4, -0.2) is 64.6 Å². The van der Waals surface area contributed by atoms with Gasteiger partial charge in [0, 0.05) is 23.9 Å². The van der Waals surface area contributed by atoms with Gasteiger partial charge in [0.2, 0.25) is 0 Å². The Labute approximate surface area is 291 Å². The molecule has 5 rings (SSSR count). The highest BCUT2D eigenvalue weighted by Crippen LogP contribution is 2.44. The molecule has 3 aromatic rings. The predicted octanol–water partition coefficient (Wildman–Crippen LogP) is 8.48. The summed E-state index contributed by atoms with van der Waals surface area (Å²) in [6.45, 7) is 9.25. The van der Waals surface area contributed by atoms with Crippen molar-refractivity contribution in [3.05, 3.63) is 87.1 Å². The van der Waals surface area contributed by atoms with Gasteiger partial charge in [0.05, 0.1) is 10.7 Å². The molecular formula is C35H49Cl3FN3O2S. The number of hydrogen-bond acceptors (Lipinski definition) is 5.